The second-order valence-electron chi connectivity index (χ2n) is 8.61. The highest BCUT2D eigenvalue weighted by molar-refractivity contribution is 6.28. The predicted molar refractivity (Wildman–Crippen MR) is 127 cm³/mol. The van der Waals surface area contributed by atoms with Gasteiger partial charge in [-0.15, -0.1) is 0 Å². The Morgan fingerprint density at radius 1 is 0.636 bits per heavy atom. The Morgan fingerprint density at radius 3 is 2.06 bits per heavy atom. The van der Waals surface area contributed by atoms with Crippen molar-refractivity contribution in [1.82, 2.24) is 0 Å². The second kappa shape index (κ2) is 7.51. The summed E-state index contributed by atoms with van der Waals surface area (Å²) in [6, 6.07) is 22.7. The van der Waals surface area contributed by atoms with Gasteiger partial charge >= 0.3 is 0 Å². The largest absolute Gasteiger partial charge is 0.490 e. The van der Waals surface area contributed by atoms with Crippen LogP contribution in [0, 0.1) is 0 Å². The molecule has 0 bridgehead atoms. The number of fused-ring (bicyclic) bond motifs is 6. The zero-order valence-corrected chi connectivity index (χ0v) is 18.0. The molecule has 0 amide bonds. The normalized spacial score (nSPS) is 19.3. The number of benzene rings is 4. The molecule has 4 aromatic carbocycles. The topological polar surface area (TPSA) is 56.7 Å². The van der Waals surface area contributed by atoms with Crippen LogP contribution in [-0.2, 0) is 9.47 Å². The molecule has 2 fully saturated rings. The predicted octanol–water partition coefficient (Wildman–Crippen LogP) is 5.96. The number of hydrogen-bond donors (Lipinski definition) is 0. The summed E-state index contributed by atoms with van der Waals surface area (Å²) < 4.78 is 29.3. The molecule has 0 radical (unpaired) electrons. The van der Waals surface area contributed by atoms with Gasteiger partial charge in [0.05, 0.1) is 19.5 Å². The van der Waals surface area contributed by atoms with E-state index >= 15 is 0 Å². The van der Waals surface area contributed by atoms with Crippen molar-refractivity contribution in [1.29, 1.82) is 0 Å². The maximum Gasteiger partial charge on any atom is 0.142 e. The molecule has 0 aliphatic carbocycles. The highest BCUT2D eigenvalue weighted by Crippen LogP contribution is 2.46. The minimum Gasteiger partial charge on any atom is -0.490 e. The quantitative estimate of drug-likeness (QED) is 0.232. The SMILES string of the molecule is c1ccc(-c2coc3c4ccccc4c4c(OCC5CO5)cccc4c23)c(OCC2CO2)c1. The van der Waals surface area contributed by atoms with Gasteiger partial charge in [-0.2, -0.15) is 0 Å². The van der Waals surface area contributed by atoms with E-state index in [0.29, 0.717) is 13.2 Å². The summed E-state index contributed by atoms with van der Waals surface area (Å²) >= 11 is 0. The molecular weight excluding hydrogens is 416 g/mol. The fourth-order valence-corrected chi connectivity index (χ4v) is 4.57. The molecule has 0 saturated carbocycles. The molecule has 2 aliphatic rings. The van der Waals surface area contributed by atoms with Gasteiger partial charge in [-0.1, -0.05) is 54.6 Å². The average Bonchev–Trinajstić information content (AvgIpc) is 3.80. The lowest BCUT2D eigenvalue weighted by molar-refractivity contribution is 0.264. The smallest absolute Gasteiger partial charge is 0.142 e. The van der Waals surface area contributed by atoms with E-state index in [1.54, 1.807) is 0 Å². The molecule has 2 aliphatic heterocycles. The standard InChI is InChI=1S/C28H22O5/c1-2-8-21-20(7-1)26-22(9-5-11-25(26)32-15-18-13-30-18)27-23(16-33-28(21)27)19-6-3-4-10-24(19)31-14-17-12-29-17/h1-11,16-18H,12-15H2. The Morgan fingerprint density at radius 2 is 1.27 bits per heavy atom. The van der Waals surface area contributed by atoms with Gasteiger partial charge in [-0.05, 0) is 22.9 Å². The number of furan rings is 1. The summed E-state index contributed by atoms with van der Waals surface area (Å²) in [7, 11) is 0. The fourth-order valence-electron chi connectivity index (χ4n) is 4.57. The van der Waals surface area contributed by atoms with Gasteiger partial charge < -0.3 is 23.4 Å². The van der Waals surface area contributed by atoms with E-state index in [4.69, 9.17) is 23.4 Å². The van der Waals surface area contributed by atoms with Gasteiger partial charge in [-0.3, -0.25) is 0 Å². The first-order chi connectivity index (χ1) is 16.4. The lowest BCUT2D eigenvalue weighted by atomic mass is 9.94. The Hall–Kier alpha value is -3.54. The molecule has 33 heavy (non-hydrogen) atoms. The maximum absolute atomic E-state index is 6.22. The van der Waals surface area contributed by atoms with Crippen LogP contribution in [-0.4, -0.2) is 38.6 Å². The van der Waals surface area contributed by atoms with E-state index in [1.807, 2.05) is 42.7 Å². The molecule has 3 heterocycles. The van der Waals surface area contributed by atoms with Crippen molar-refractivity contribution in [2.75, 3.05) is 26.4 Å². The van der Waals surface area contributed by atoms with Crippen molar-refractivity contribution >= 4 is 32.5 Å². The van der Waals surface area contributed by atoms with Crippen molar-refractivity contribution in [3.05, 3.63) is 73.0 Å². The van der Waals surface area contributed by atoms with Crippen LogP contribution in [0.1, 0.15) is 0 Å². The van der Waals surface area contributed by atoms with Crippen molar-refractivity contribution in [2.45, 2.75) is 12.2 Å². The summed E-state index contributed by atoms with van der Waals surface area (Å²) in [5, 5.41) is 5.43. The Balaban J connectivity index is 1.48. The van der Waals surface area contributed by atoms with Crippen LogP contribution in [0.25, 0.3) is 43.6 Å². The van der Waals surface area contributed by atoms with Crippen LogP contribution >= 0.6 is 0 Å². The van der Waals surface area contributed by atoms with Gasteiger partial charge in [0.1, 0.15) is 42.5 Å². The minimum atomic E-state index is 0.194. The number of para-hydroxylation sites is 1. The molecule has 2 saturated heterocycles. The van der Waals surface area contributed by atoms with Crippen LogP contribution < -0.4 is 9.47 Å². The maximum atomic E-state index is 6.22. The molecule has 0 N–H and O–H groups in total. The van der Waals surface area contributed by atoms with Crippen LogP contribution in [0.5, 0.6) is 11.5 Å². The number of hydrogen-bond acceptors (Lipinski definition) is 5. The van der Waals surface area contributed by atoms with Crippen molar-refractivity contribution in [3.63, 3.8) is 0 Å². The highest BCUT2D eigenvalue weighted by Gasteiger charge is 2.26. The summed E-state index contributed by atoms with van der Waals surface area (Å²) in [4.78, 5) is 0. The molecule has 5 nitrogen and oxygen atoms in total. The molecule has 164 valence electrons. The first-order valence-corrected chi connectivity index (χ1v) is 11.3. The van der Waals surface area contributed by atoms with Crippen LogP contribution in [0.15, 0.2) is 77.4 Å². The van der Waals surface area contributed by atoms with Crippen LogP contribution in [0.4, 0.5) is 0 Å². The van der Waals surface area contributed by atoms with E-state index in [2.05, 4.69) is 30.3 Å². The summed E-state index contributed by atoms with van der Waals surface area (Å²) in [5.74, 6) is 1.69. The van der Waals surface area contributed by atoms with Crippen LogP contribution in [0.2, 0.25) is 0 Å². The highest BCUT2D eigenvalue weighted by atomic mass is 16.6. The third-order valence-electron chi connectivity index (χ3n) is 6.36. The van der Waals surface area contributed by atoms with Gasteiger partial charge in [-0.25, -0.2) is 0 Å². The number of ether oxygens (including phenoxy) is 4. The van der Waals surface area contributed by atoms with Gasteiger partial charge in [0.15, 0.2) is 0 Å². The zero-order valence-electron chi connectivity index (χ0n) is 18.0. The molecule has 1 aromatic heterocycles. The lowest BCUT2D eigenvalue weighted by Crippen LogP contribution is -2.05. The molecule has 7 rings (SSSR count). The van der Waals surface area contributed by atoms with Crippen LogP contribution in [0.3, 0.4) is 0 Å². The van der Waals surface area contributed by atoms with E-state index in [-0.39, 0.29) is 12.2 Å². The molecule has 2 atom stereocenters. The summed E-state index contributed by atoms with van der Waals surface area (Å²) in [5.41, 5.74) is 2.89. The Labute approximate surface area is 190 Å². The molecule has 5 heteroatoms. The molecule has 5 aromatic rings. The van der Waals surface area contributed by atoms with E-state index in [1.165, 1.54) is 0 Å². The average molecular weight is 438 g/mol. The van der Waals surface area contributed by atoms with Gasteiger partial charge in [0.25, 0.3) is 0 Å². The lowest BCUT2D eigenvalue weighted by Gasteiger charge is -2.14. The van der Waals surface area contributed by atoms with Gasteiger partial charge in [0, 0.05) is 27.3 Å². The molecule has 2 unspecified atom stereocenters. The third-order valence-corrected chi connectivity index (χ3v) is 6.36. The zero-order chi connectivity index (χ0) is 21.8. The minimum absolute atomic E-state index is 0.194. The van der Waals surface area contributed by atoms with Crippen molar-refractivity contribution in [2.24, 2.45) is 0 Å². The van der Waals surface area contributed by atoms with E-state index in [0.717, 1.165) is 68.4 Å². The first-order valence-electron chi connectivity index (χ1n) is 11.3. The van der Waals surface area contributed by atoms with E-state index in [9.17, 15) is 0 Å². The van der Waals surface area contributed by atoms with E-state index < -0.39 is 0 Å². The summed E-state index contributed by atoms with van der Waals surface area (Å²) in [6.07, 6.45) is 2.23. The summed E-state index contributed by atoms with van der Waals surface area (Å²) in [6.45, 7) is 2.65. The fraction of sp³-hybridized carbons (Fsp3) is 0.214. The molecule has 0 spiro atoms. The van der Waals surface area contributed by atoms with Crippen molar-refractivity contribution < 1.29 is 23.4 Å². The second-order valence-corrected chi connectivity index (χ2v) is 8.61. The monoisotopic (exact) mass is 438 g/mol. The first kappa shape index (κ1) is 19.0. The van der Waals surface area contributed by atoms with Crippen molar-refractivity contribution in [3.8, 4) is 22.6 Å². The molecular formula is C28H22O5. The number of epoxide rings is 2. The Kier molecular flexibility index (Phi) is 4.32. The third kappa shape index (κ3) is 3.32. The Bertz CT molecular complexity index is 1490. The van der Waals surface area contributed by atoms with Gasteiger partial charge in [0.2, 0.25) is 0 Å². The number of rotatable bonds is 7.